The highest BCUT2D eigenvalue weighted by molar-refractivity contribution is 9.09. The number of nitrogens with two attached hydrogens (primary N) is 1. The van der Waals surface area contributed by atoms with Crippen molar-refractivity contribution in [3.8, 4) is 28.3 Å². The quantitative estimate of drug-likeness (QED) is 0.110. The predicted octanol–water partition coefficient (Wildman–Crippen LogP) is 4.66. The maximum atomic E-state index is 11.2. The molecular formula is C21H22BrClN6O3. The van der Waals surface area contributed by atoms with Crippen molar-refractivity contribution < 1.29 is 9.66 Å². The minimum Gasteiger partial charge on any atom is -0.497 e. The summed E-state index contributed by atoms with van der Waals surface area (Å²) in [5, 5.41) is 14.9. The van der Waals surface area contributed by atoms with Gasteiger partial charge in [0.1, 0.15) is 5.75 Å². The number of non-ortho nitro benzene ring substituents is 1. The third-order valence-corrected chi connectivity index (χ3v) is 4.84. The number of nitro benzene ring substituents is 1. The van der Waals surface area contributed by atoms with Gasteiger partial charge in [-0.1, -0.05) is 28.1 Å². The summed E-state index contributed by atoms with van der Waals surface area (Å²) < 4.78 is 5.21. The van der Waals surface area contributed by atoms with Crippen LogP contribution in [-0.4, -0.2) is 39.8 Å². The smallest absolute Gasteiger partial charge is 0.270 e. The molecule has 1 heterocycles. The molecule has 0 unspecified atom stereocenters. The van der Waals surface area contributed by atoms with Crippen LogP contribution in [0.5, 0.6) is 5.75 Å². The molecule has 3 rings (SSSR count). The Balaban J connectivity index is 0.00000363. The highest BCUT2D eigenvalue weighted by Crippen LogP contribution is 2.28. The van der Waals surface area contributed by atoms with Crippen LogP contribution in [0.2, 0.25) is 0 Å². The average Bonchev–Trinajstić information content (AvgIpc) is 2.79. The van der Waals surface area contributed by atoms with Crippen LogP contribution in [0.15, 0.2) is 59.6 Å². The Labute approximate surface area is 199 Å². The molecule has 32 heavy (non-hydrogen) atoms. The van der Waals surface area contributed by atoms with Gasteiger partial charge in [0.05, 0.1) is 23.4 Å². The number of hydrogen-bond acceptors (Lipinski definition) is 6. The predicted molar refractivity (Wildman–Crippen MR) is 132 cm³/mol. The van der Waals surface area contributed by atoms with E-state index in [2.05, 4.69) is 36.2 Å². The molecular weight excluding hydrogens is 500 g/mol. The van der Waals surface area contributed by atoms with Crippen LogP contribution >= 0.6 is 28.3 Å². The summed E-state index contributed by atoms with van der Waals surface area (Å²) in [5.41, 5.74) is 8.49. The number of anilines is 1. The number of aromatic nitrogens is 2. The summed E-state index contributed by atoms with van der Waals surface area (Å²) in [4.78, 5) is 24.0. The van der Waals surface area contributed by atoms with Gasteiger partial charge in [0.25, 0.3) is 5.69 Å². The van der Waals surface area contributed by atoms with E-state index >= 15 is 0 Å². The van der Waals surface area contributed by atoms with E-state index in [1.807, 2.05) is 24.3 Å². The number of alkyl halides is 1. The number of ether oxygens (including phenoxy) is 1. The zero-order chi connectivity index (χ0) is 22.2. The number of methoxy groups -OCH3 is 1. The van der Waals surface area contributed by atoms with E-state index in [0.29, 0.717) is 23.5 Å². The van der Waals surface area contributed by atoms with E-state index in [4.69, 9.17) is 10.5 Å². The molecule has 3 aromatic rings. The van der Waals surface area contributed by atoms with Crippen LogP contribution in [0.3, 0.4) is 0 Å². The lowest BCUT2D eigenvalue weighted by molar-refractivity contribution is -0.384. The van der Waals surface area contributed by atoms with Gasteiger partial charge in [0.15, 0.2) is 5.96 Å². The third kappa shape index (κ3) is 6.63. The second-order valence-electron chi connectivity index (χ2n) is 6.43. The van der Waals surface area contributed by atoms with Crippen LogP contribution in [0.4, 0.5) is 11.6 Å². The third-order valence-electron chi connectivity index (χ3n) is 4.28. The second kappa shape index (κ2) is 12.0. The Morgan fingerprint density at radius 1 is 1.16 bits per heavy atom. The number of halogens is 2. The van der Waals surface area contributed by atoms with Crippen LogP contribution in [0.25, 0.3) is 22.5 Å². The van der Waals surface area contributed by atoms with E-state index in [9.17, 15) is 10.1 Å². The number of benzene rings is 2. The first-order valence-electron chi connectivity index (χ1n) is 9.41. The maximum Gasteiger partial charge on any atom is 0.270 e. The number of nitrogens with one attached hydrogen (secondary N) is 1. The molecule has 11 heteroatoms. The second-order valence-corrected chi connectivity index (χ2v) is 7.23. The van der Waals surface area contributed by atoms with Crippen molar-refractivity contribution in [3.63, 3.8) is 0 Å². The minimum atomic E-state index is -0.442. The Hall–Kier alpha value is -3.24. The van der Waals surface area contributed by atoms with Gasteiger partial charge in [-0.3, -0.25) is 20.4 Å². The first-order valence-corrected chi connectivity index (χ1v) is 10.5. The summed E-state index contributed by atoms with van der Waals surface area (Å²) in [6, 6.07) is 15.4. The van der Waals surface area contributed by atoms with Crippen LogP contribution in [0, 0.1) is 10.1 Å². The van der Waals surface area contributed by atoms with Gasteiger partial charge in [-0.2, -0.15) is 0 Å². The number of guanidine groups is 1. The highest BCUT2D eigenvalue weighted by atomic mass is 79.9. The van der Waals surface area contributed by atoms with E-state index in [1.54, 1.807) is 25.3 Å². The fraction of sp³-hybridized carbons (Fsp3) is 0.190. The van der Waals surface area contributed by atoms with Crippen molar-refractivity contribution in [2.24, 2.45) is 10.7 Å². The molecule has 2 aromatic carbocycles. The fourth-order valence-corrected chi connectivity index (χ4v) is 3.00. The van der Waals surface area contributed by atoms with E-state index in [0.717, 1.165) is 23.1 Å². The van der Waals surface area contributed by atoms with Gasteiger partial charge in [0.2, 0.25) is 5.95 Å². The maximum absolute atomic E-state index is 11.2. The molecule has 0 aliphatic carbocycles. The number of rotatable bonds is 8. The summed E-state index contributed by atoms with van der Waals surface area (Å²) in [5.74, 6) is 1.16. The zero-order valence-electron chi connectivity index (χ0n) is 17.2. The van der Waals surface area contributed by atoms with Crippen molar-refractivity contribution in [2.75, 3.05) is 24.3 Å². The molecule has 9 nitrogen and oxygen atoms in total. The van der Waals surface area contributed by atoms with E-state index in [-0.39, 0.29) is 30.0 Å². The number of nitro groups is 1. The SMILES string of the molecule is COc1ccc(-c2cc(-c3cccc([N+](=O)[O-])c3)nc(NC(N)=NCCCBr)n2)cc1.Cl. The summed E-state index contributed by atoms with van der Waals surface area (Å²) in [6.07, 6.45) is 0.841. The van der Waals surface area contributed by atoms with Gasteiger partial charge < -0.3 is 10.5 Å². The molecule has 0 saturated heterocycles. The molecule has 0 amide bonds. The number of aliphatic imine (C=N–C) groups is 1. The molecule has 3 N–H and O–H groups in total. The molecule has 0 saturated carbocycles. The lowest BCUT2D eigenvalue weighted by Crippen LogP contribution is -2.24. The van der Waals surface area contributed by atoms with Crippen molar-refractivity contribution in [1.29, 1.82) is 0 Å². The van der Waals surface area contributed by atoms with Gasteiger partial charge in [-0.25, -0.2) is 9.97 Å². The Kier molecular flexibility index (Phi) is 9.36. The first kappa shape index (κ1) is 25.0. The van der Waals surface area contributed by atoms with Crippen LogP contribution in [0.1, 0.15) is 6.42 Å². The average molecular weight is 522 g/mol. The standard InChI is InChI=1S/C21H21BrN6O3.ClH/c1-31-17-8-6-14(7-9-17)18-13-19(15-4-2-5-16(12-15)28(29)30)26-21(25-18)27-20(23)24-11-3-10-22;/h2,4-9,12-13H,3,10-11H2,1H3,(H3,23,24,25,26,27);1H. The normalized spacial score (nSPS) is 10.9. The molecule has 0 aliphatic rings. The van der Waals surface area contributed by atoms with Crippen LogP contribution in [-0.2, 0) is 0 Å². The lowest BCUT2D eigenvalue weighted by Gasteiger charge is -2.10. The Bertz CT molecular complexity index is 1100. The van der Waals surface area contributed by atoms with Crippen molar-refractivity contribution in [1.82, 2.24) is 9.97 Å². The summed E-state index contributed by atoms with van der Waals surface area (Å²) in [6.45, 7) is 0.556. The summed E-state index contributed by atoms with van der Waals surface area (Å²) >= 11 is 3.35. The summed E-state index contributed by atoms with van der Waals surface area (Å²) in [7, 11) is 1.60. The Morgan fingerprint density at radius 3 is 2.47 bits per heavy atom. The Morgan fingerprint density at radius 2 is 1.84 bits per heavy atom. The largest absolute Gasteiger partial charge is 0.497 e. The molecule has 1 aromatic heterocycles. The van der Waals surface area contributed by atoms with Gasteiger partial charge in [-0.05, 0) is 36.8 Å². The van der Waals surface area contributed by atoms with Gasteiger partial charge in [0, 0.05) is 35.1 Å². The molecule has 168 valence electrons. The first-order chi connectivity index (χ1) is 15.0. The van der Waals surface area contributed by atoms with Crippen molar-refractivity contribution in [3.05, 3.63) is 64.7 Å². The number of nitrogens with zero attached hydrogens (tertiary/aromatic N) is 4. The lowest BCUT2D eigenvalue weighted by atomic mass is 10.1. The highest BCUT2D eigenvalue weighted by Gasteiger charge is 2.13. The van der Waals surface area contributed by atoms with Crippen molar-refractivity contribution >= 4 is 45.9 Å². The zero-order valence-corrected chi connectivity index (χ0v) is 19.6. The van der Waals surface area contributed by atoms with E-state index < -0.39 is 4.92 Å². The monoisotopic (exact) mass is 520 g/mol. The molecule has 0 spiro atoms. The molecule has 0 radical (unpaired) electrons. The van der Waals surface area contributed by atoms with Crippen LogP contribution < -0.4 is 15.8 Å². The topological polar surface area (TPSA) is 129 Å². The van der Waals surface area contributed by atoms with Gasteiger partial charge >= 0.3 is 0 Å². The number of hydrogen-bond donors (Lipinski definition) is 2. The molecule has 0 bridgehead atoms. The van der Waals surface area contributed by atoms with E-state index in [1.165, 1.54) is 12.1 Å². The molecule has 0 atom stereocenters. The van der Waals surface area contributed by atoms with Crippen molar-refractivity contribution in [2.45, 2.75) is 6.42 Å². The minimum absolute atomic E-state index is 0. The van der Waals surface area contributed by atoms with Gasteiger partial charge in [-0.15, -0.1) is 12.4 Å². The molecule has 0 aliphatic heterocycles. The fourth-order valence-electron chi connectivity index (χ4n) is 2.75. The molecule has 0 fully saturated rings.